The molecule has 2 aromatic rings. The molecule has 1 atom stereocenters. The van der Waals surface area contributed by atoms with E-state index in [0.717, 1.165) is 5.56 Å². The van der Waals surface area contributed by atoms with Crippen LogP contribution in [-0.2, 0) is 30.9 Å². The zero-order chi connectivity index (χ0) is 21.9. The number of ether oxygens (including phenoxy) is 1. The molecule has 1 aromatic heterocycles. The summed E-state index contributed by atoms with van der Waals surface area (Å²) in [5.41, 5.74) is 2.28. The lowest BCUT2D eigenvalue weighted by molar-refractivity contribution is -0.139. The number of nitrogens with zero attached hydrogens (tertiary/aromatic N) is 1. The number of sulfonamides is 1. The molecule has 0 radical (unpaired) electrons. The molecule has 0 saturated carbocycles. The number of nitrogens with one attached hydrogen (secondary N) is 2. The predicted octanol–water partition coefficient (Wildman–Crippen LogP) is 0.984. The largest absolute Gasteiger partial charge is 0.467 e. The van der Waals surface area contributed by atoms with Gasteiger partial charge in [-0.1, -0.05) is 17.7 Å². The summed E-state index contributed by atoms with van der Waals surface area (Å²) in [5, 5.41) is 4.86. The van der Waals surface area contributed by atoms with Crippen molar-refractivity contribution >= 4 is 21.8 Å². The van der Waals surface area contributed by atoms with E-state index in [1.807, 2.05) is 19.1 Å². The fraction of sp³-hybridized carbons (Fsp3) is 0.400. The third-order valence-corrected chi connectivity index (χ3v) is 6.96. The molecule has 1 fully saturated rings. The van der Waals surface area contributed by atoms with Crippen LogP contribution in [0.3, 0.4) is 0 Å². The van der Waals surface area contributed by atoms with Gasteiger partial charge in [0.25, 0.3) is 0 Å². The lowest BCUT2D eigenvalue weighted by atomic mass is 10.1. The highest BCUT2D eigenvalue weighted by molar-refractivity contribution is 7.89. The van der Waals surface area contributed by atoms with E-state index >= 15 is 0 Å². The van der Waals surface area contributed by atoms with Crippen molar-refractivity contribution in [2.45, 2.75) is 38.4 Å². The van der Waals surface area contributed by atoms with Crippen LogP contribution in [0.2, 0.25) is 0 Å². The zero-order valence-corrected chi connectivity index (χ0v) is 17.9. The number of carbonyl (C=O) groups is 2. The molecule has 1 saturated heterocycles. The van der Waals surface area contributed by atoms with Crippen molar-refractivity contribution in [3.63, 3.8) is 0 Å². The van der Waals surface area contributed by atoms with Gasteiger partial charge in [-0.3, -0.25) is 9.59 Å². The third kappa shape index (κ3) is 4.72. The molecule has 0 bridgehead atoms. The van der Waals surface area contributed by atoms with Crippen molar-refractivity contribution in [1.29, 1.82) is 0 Å². The SMILES string of the molecule is Cc1cc(C)c(S(=O)(=O)N2CCO[C@@H]2CNC(=O)C(=O)NCc2ccco2)c(C)c1. The Balaban J connectivity index is 1.64. The highest BCUT2D eigenvalue weighted by Gasteiger charge is 2.38. The molecule has 0 spiro atoms. The average molecular weight is 436 g/mol. The number of aryl methyl sites for hydroxylation is 3. The Morgan fingerprint density at radius 2 is 1.80 bits per heavy atom. The predicted molar refractivity (Wildman–Crippen MR) is 108 cm³/mol. The van der Waals surface area contributed by atoms with Crippen molar-refractivity contribution in [3.8, 4) is 0 Å². The Kier molecular flexibility index (Phi) is 6.59. The molecule has 1 aliphatic rings. The zero-order valence-electron chi connectivity index (χ0n) is 17.1. The van der Waals surface area contributed by atoms with Crippen LogP contribution >= 0.6 is 0 Å². The lowest BCUT2D eigenvalue weighted by Crippen LogP contribution is -2.47. The van der Waals surface area contributed by atoms with Gasteiger partial charge in [-0.2, -0.15) is 4.31 Å². The fourth-order valence-electron chi connectivity index (χ4n) is 3.55. The summed E-state index contributed by atoms with van der Waals surface area (Å²) in [6.45, 7) is 5.72. The molecular weight excluding hydrogens is 410 g/mol. The number of rotatable bonds is 6. The van der Waals surface area contributed by atoms with E-state index in [0.29, 0.717) is 16.9 Å². The maximum atomic E-state index is 13.3. The number of hydrogen-bond acceptors (Lipinski definition) is 6. The molecule has 10 heteroatoms. The van der Waals surface area contributed by atoms with E-state index in [2.05, 4.69) is 10.6 Å². The number of hydrogen-bond donors (Lipinski definition) is 2. The second kappa shape index (κ2) is 8.99. The van der Waals surface area contributed by atoms with Gasteiger partial charge in [0.2, 0.25) is 10.0 Å². The number of furan rings is 1. The van der Waals surface area contributed by atoms with Crippen LogP contribution in [0.4, 0.5) is 0 Å². The minimum Gasteiger partial charge on any atom is -0.467 e. The minimum absolute atomic E-state index is 0.0751. The van der Waals surface area contributed by atoms with Crippen LogP contribution < -0.4 is 10.6 Å². The monoisotopic (exact) mass is 435 g/mol. The van der Waals surface area contributed by atoms with E-state index in [1.54, 1.807) is 26.0 Å². The summed E-state index contributed by atoms with van der Waals surface area (Å²) in [4.78, 5) is 24.2. The average Bonchev–Trinajstić information content (AvgIpc) is 3.34. The molecule has 0 unspecified atom stereocenters. The van der Waals surface area contributed by atoms with Gasteiger partial charge < -0.3 is 19.8 Å². The first-order chi connectivity index (χ1) is 14.2. The molecule has 2 amide bonds. The molecular formula is C20H25N3O6S. The maximum Gasteiger partial charge on any atom is 0.309 e. The summed E-state index contributed by atoms with van der Waals surface area (Å²) >= 11 is 0. The second-order valence-corrected chi connectivity index (χ2v) is 8.97. The van der Waals surface area contributed by atoms with Gasteiger partial charge in [-0.15, -0.1) is 0 Å². The van der Waals surface area contributed by atoms with Crippen LogP contribution in [0.25, 0.3) is 0 Å². The van der Waals surface area contributed by atoms with Crippen LogP contribution in [0.5, 0.6) is 0 Å². The Morgan fingerprint density at radius 1 is 1.13 bits per heavy atom. The molecule has 162 valence electrons. The van der Waals surface area contributed by atoms with E-state index in [-0.39, 0.29) is 31.1 Å². The van der Waals surface area contributed by atoms with Crippen LogP contribution in [-0.4, -0.2) is 50.5 Å². The maximum absolute atomic E-state index is 13.3. The Labute approximate surface area is 175 Å². The van der Waals surface area contributed by atoms with Gasteiger partial charge in [-0.25, -0.2) is 8.42 Å². The lowest BCUT2D eigenvalue weighted by Gasteiger charge is -2.24. The van der Waals surface area contributed by atoms with Crippen LogP contribution in [0, 0.1) is 20.8 Å². The quantitative estimate of drug-likeness (QED) is 0.653. The smallest absolute Gasteiger partial charge is 0.309 e. The normalized spacial score (nSPS) is 17.1. The summed E-state index contributed by atoms with van der Waals surface area (Å²) < 4.78 is 38.3. The van der Waals surface area contributed by atoms with E-state index < -0.39 is 28.1 Å². The topological polar surface area (TPSA) is 118 Å². The molecule has 1 aliphatic heterocycles. The third-order valence-electron chi connectivity index (χ3n) is 4.76. The second-order valence-electron chi connectivity index (χ2n) is 7.14. The van der Waals surface area contributed by atoms with Crippen molar-refractivity contribution in [1.82, 2.24) is 14.9 Å². The van der Waals surface area contributed by atoms with Gasteiger partial charge in [-0.05, 0) is 44.0 Å². The minimum atomic E-state index is -3.83. The van der Waals surface area contributed by atoms with Crippen molar-refractivity contribution in [2.24, 2.45) is 0 Å². The summed E-state index contributed by atoms with van der Waals surface area (Å²) in [6, 6.07) is 6.97. The van der Waals surface area contributed by atoms with Crippen molar-refractivity contribution in [2.75, 3.05) is 19.7 Å². The van der Waals surface area contributed by atoms with Gasteiger partial charge in [0, 0.05) is 6.54 Å². The number of benzene rings is 1. The van der Waals surface area contributed by atoms with Gasteiger partial charge in [0.15, 0.2) is 0 Å². The number of carbonyl (C=O) groups excluding carboxylic acids is 2. The van der Waals surface area contributed by atoms with Crippen molar-refractivity contribution < 1.29 is 27.2 Å². The molecule has 1 aromatic carbocycles. The standard InChI is InChI=1S/C20H25N3O6S/c1-13-9-14(2)18(15(3)10-13)30(26,27)23-6-8-29-17(23)12-22-20(25)19(24)21-11-16-5-4-7-28-16/h4-5,7,9-10,17H,6,8,11-12H2,1-3H3,(H,21,24)(H,22,25)/t17-/m1/s1. The summed E-state index contributed by atoms with van der Waals surface area (Å²) in [7, 11) is -3.83. The Bertz CT molecular complexity index is 1010. The molecule has 3 rings (SSSR count). The molecule has 9 nitrogen and oxygen atoms in total. The molecule has 0 aliphatic carbocycles. The van der Waals surface area contributed by atoms with Gasteiger partial charge in [0.1, 0.15) is 12.0 Å². The van der Waals surface area contributed by atoms with Gasteiger partial charge in [0.05, 0.1) is 30.9 Å². The highest BCUT2D eigenvalue weighted by Crippen LogP contribution is 2.28. The van der Waals surface area contributed by atoms with E-state index in [9.17, 15) is 18.0 Å². The number of amides is 2. The highest BCUT2D eigenvalue weighted by atomic mass is 32.2. The first-order valence-electron chi connectivity index (χ1n) is 9.50. The molecule has 2 N–H and O–H groups in total. The first kappa shape index (κ1) is 22.0. The van der Waals surface area contributed by atoms with Crippen molar-refractivity contribution in [3.05, 3.63) is 53.0 Å². The van der Waals surface area contributed by atoms with E-state index in [1.165, 1.54) is 10.6 Å². The summed E-state index contributed by atoms with van der Waals surface area (Å²) in [5.74, 6) is -1.21. The molecule has 2 heterocycles. The van der Waals surface area contributed by atoms with Gasteiger partial charge >= 0.3 is 11.8 Å². The Hall–Kier alpha value is -2.69. The molecule has 30 heavy (non-hydrogen) atoms. The Morgan fingerprint density at radius 3 is 2.43 bits per heavy atom. The fourth-order valence-corrected chi connectivity index (χ4v) is 5.48. The van der Waals surface area contributed by atoms with E-state index in [4.69, 9.17) is 9.15 Å². The summed E-state index contributed by atoms with van der Waals surface area (Å²) in [6.07, 6.45) is 0.572. The van der Waals surface area contributed by atoms with Crippen LogP contribution in [0.1, 0.15) is 22.5 Å². The van der Waals surface area contributed by atoms with Crippen LogP contribution in [0.15, 0.2) is 39.8 Å². The first-order valence-corrected chi connectivity index (χ1v) is 10.9.